The molecule has 0 aromatic rings. The molecule has 0 bridgehead atoms. The highest BCUT2D eigenvalue weighted by Crippen LogP contribution is 2.28. The monoisotopic (exact) mass is 319 g/mol. The summed E-state index contributed by atoms with van der Waals surface area (Å²) in [6.45, 7) is -0.0300. The quantitative estimate of drug-likeness (QED) is 0.686. The lowest BCUT2D eigenvalue weighted by Crippen LogP contribution is -2.50. The zero-order valence-electron chi connectivity index (χ0n) is 11.3. The molecular weight excluding hydrogens is 302 g/mol. The fourth-order valence-electron chi connectivity index (χ4n) is 2.95. The Hall–Kier alpha value is -1.64. The topological polar surface area (TPSA) is 129 Å². The molecule has 2 rings (SSSR count). The zero-order chi connectivity index (χ0) is 15.8. The van der Waals surface area contributed by atoms with Gasteiger partial charge in [0.05, 0.1) is 29.3 Å². The summed E-state index contributed by atoms with van der Waals surface area (Å²) in [5.41, 5.74) is 0. The Kier molecular flexibility index (Phi) is 4.22. The summed E-state index contributed by atoms with van der Waals surface area (Å²) in [5, 5.41) is 18.1. The Balaban J connectivity index is 2.07. The highest BCUT2D eigenvalue weighted by molar-refractivity contribution is 7.91. The van der Waals surface area contributed by atoms with Crippen LogP contribution in [0.2, 0.25) is 0 Å². The summed E-state index contributed by atoms with van der Waals surface area (Å²) in [6.07, 6.45) is 0.315. The number of rotatable bonds is 3. The van der Waals surface area contributed by atoms with Crippen molar-refractivity contribution in [2.24, 2.45) is 17.8 Å². The first-order chi connectivity index (χ1) is 9.71. The molecule has 21 heavy (non-hydrogen) atoms. The molecule has 0 aromatic carbocycles. The van der Waals surface area contributed by atoms with E-state index in [9.17, 15) is 22.8 Å². The van der Waals surface area contributed by atoms with Gasteiger partial charge in [-0.25, -0.2) is 8.42 Å². The van der Waals surface area contributed by atoms with Crippen molar-refractivity contribution in [1.29, 1.82) is 0 Å². The average molecular weight is 319 g/mol. The molecule has 0 aromatic heterocycles. The van der Waals surface area contributed by atoms with Gasteiger partial charge in [0.15, 0.2) is 9.84 Å². The van der Waals surface area contributed by atoms with Crippen molar-refractivity contribution in [3.8, 4) is 0 Å². The predicted molar refractivity (Wildman–Crippen MR) is 70.2 cm³/mol. The van der Waals surface area contributed by atoms with E-state index < -0.39 is 39.5 Å². The van der Waals surface area contributed by atoms with Crippen LogP contribution in [0.3, 0.4) is 0 Å². The van der Waals surface area contributed by atoms with Crippen LogP contribution >= 0.6 is 0 Å². The summed E-state index contributed by atoms with van der Waals surface area (Å²) < 4.78 is 22.8. The number of amides is 1. The molecule has 3 unspecified atom stereocenters. The molecule has 3 atom stereocenters. The first-order valence-electron chi connectivity index (χ1n) is 6.66. The number of nitrogens with zero attached hydrogens (tertiary/aromatic N) is 1. The largest absolute Gasteiger partial charge is 0.481 e. The lowest BCUT2D eigenvalue weighted by molar-refractivity contribution is -0.159. The van der Waals surface area contributed by atoms with Gasteiger partial charge < -0.3 is 15.1 Å². The van der Waals surface area contributed by atoms with Crippen molar-refractivity contribution in [3.63, 3.8) is 0 Å². The molecule has 2 aliphatic rings. The van der Waals surface area contributed by atoms with E-state index in [2.05, 4.69) is 0 Å². The van der Waals surface area contributed by atoms with Crippen LogP contribution in [0.15, 0.2) is 0 Å². The van der Waals surface area contributed by atoms with E-state index in [0.29, 0.717) is 0 Å². The maximum absolute atomic E-state index is 12.3. The number of likely N-dealkylation sites (tertiary alicyclic amines) is 1. The molecular formula is C12H17NO7S. The standard InChI is InChI=1S/C12H17NO7S/c14-10(7-2-4-21(19,20)6-7)13-3-1-8(11(15)16)9(5-13)12(17)18/h7-9H,1-6H2,(H,15,16)(H,17,18). The fraction of sp³-hybridized carbons (Fsp3) is 0.750. The van der Waals surface area contributed by atoms with Gasteiger partial charge in [0.25, 0.3) is 0 Å². The van der Waals surface area contributed by atoms with Crippen LogP contribution in [-0.2, 0) is 24.2 Å². The second kappa shape index (κ2) is 5.63. The Morgan fingerprint density at radius 2 is 1.62 bits per heavy atom. The smallest absolute Gasteiger partial charge is 0.309 e. The van der Waals surface area contributed by atoms with Gasteiger partial charge in [-0.15, -0.1) is 0 Å². The van der Waals surface area contributed by atoms with Gasteiger partial charge in [0, 0.05) is 13.1 Å². The lowest BCUT2D eigenvalue weighted by atomic mass is 9.85. The van der Waals surface area contributed by atoms with Crippen molar-refractivity contribution in [2.45, 2.75) is 12.8 Å². The molecule has 0 saturated carbocycles. The second-order valence-corrected chi connectivity index (χ2v) is 7.79. The van der Waals surface area contributed by atoms with Crippen molar-refractivity contribution in [2.75, 3.05) is 24.6 Å². The highest BCUT2D eigenvalue weighted by Gasteiger charge is 2.43. The number of hydrogen-bond donors (Lipinski definition) is 2. The van der Waals surface area contributed by atoms with Crippen LogP contribution in [0.25, 0.3) is 0 Å². The van der Waals surface area contributed by atoms with Crippen molar-refractivity contribution >= 4 is 27.7 Å². The van der Waals surface area contributed by atoms with Gasteiger partial charge in [-0.2, -0.15) is 0 Å². The number of carboxylic acids is 2. The maximum Gasteiger partial charge on any atom is 0.309 e. The molecule has 2 heterocycles. The lowest BCUT2D eigenvalue weighted by Gasteiger charge is -2.35. The normalized spacial score (nSPS) is 31.8. The van der Waals surface area contributed by atoms with Gasteiger partial charge >= 0.3 is 11.9 Å². The van der Waals surface area contributed by atoms with E-state index in [1.807, 2.05) is 0 Å². The third-order valence-corrected chi connectivity index (χ3v) is 5.91. The Labute approximate surface area is 121 Å². The summed E-state index contributed by atoms with van der Waals surface area (Å²) in [4.78, 5) is 35.8. The van der Waals surface area contributed by atoms with Gasteiger partial charge in [-0.1, -0.05) is 0 Å². The van der Waals surface area contributed by atoms with E-state index in [4.69, 9.17) is 10.2 Å². The van der Waals surface area contributed by atoms with Crippen LogP contribution in [-0.4, -0.2) is 66.0 Å². The van der Waals surface area contributed by atoms with Crippen molar-refractivity contribution < 1.29 is 33.0 Å². The van der Waals surface area contributed by atoms with E-state index in [1.54, 1.807) is 0 Å². The summed E-state index contributed by atoms with van der Waals surface area (Å²) in [6, 6.07) is 0. The minimum Gasteiger partial charge on any atom is -0.481 e. The Morgan fingerprint density at radius 3 is 2.10 bits per heavy atom. The molecule has 1 amide bonds. The van der Waals surface area contributed by atoms with Crippen LogP contribution < -0.4 is 0 Å². The maximum atomic E-state index is 12.3. The van der Waals surface area contributed by atoms with Crippen LogP contribution in [0.4, 0.5) is 0 Å². The molecule has 0 radical (unpaired) electrons. The highest BCUT2D eigenvalue weighted by atomic mass is 32.2. The van der Waals surface area contributed by atoms with E-state index >= 15 is 0 Å². The molecule has 2 N–H and O–H groups in total. The Bertz CT molecular complexity index is 570. The van der Waals surface area contributed by atoms with Gasteiger partial charge in [0.1, 0.15) is 0 Å². The summed E-state index contributed by atoms with van der Waals surface area (Å²) in [5.74, 6) is -5.86. The van der Waals surface area contributed by atoms with Gasteiger partial charge in [0.2, 0.25) is 5.91 Å². The molecule has 2 fully saturated rings. The molecule has 2 saturated heterocycles. The SMILES string of the molecule is O=C(O)C1CCN(C(=O)C2CCS(=O)(=O)C2)CC1C(=O)O. The van der Waals surface area contributed by atoms with E-state index in [1.165, 1.54) is 4.90 Å². The number of carboxylic acid groups (broad SMARTS) is 2. The minimum atomic E-state index is -3.19. The molecule has 118 valence electrons. The van der Waals surface area contributed by atoms with E-state index in [0.717, 1.165) is 0 Å². The third kappa shape index (κ3) is 3.34. The van der Waals surface area contributed by atoms with Crippen molar-refractivity contribution in [1.82, 2.24) is 4.90 Å². The van der Waals surface area contributed by atoms with Crippen LogP contribution in [0.5, 0.6) is 0 Å². The number of sulfone groups is 1. The minimum absolute atomic E-state index is 0.0304. The average Bonchev–Trinajstić information content (AvgIpc) is 2.77. The number of piperidine rings is 1. The number of hydrogen-bond acceptors (Lipinski definition) is 5. The van der Waals surface area contributed by atoms with Crippen molar-refractivity contribution in [3.05, 3.63) is 0 Å². The number of aliphatic carboxylic acids is 2. The van der Waals surface area contributed by atoms with Gasteiger partial charge in [-0.05, 0) is 12.8 Å². The van der Waals surface area contributed by atoms with E-state index in [-0.39, 0.29) is 43.3 Å². The fourth-order valence-corrected chi connectivity index (χ4v) is 4.68. The molecule has 8 nitrogen and oxygen atoms in total. The molecule has 0 spiro atoms. The molecule has 9 heteroatoms. The molecule has 2 aliphatic heterocycles. The number of carbonyl (C=O) groups excluding carboxylic acids is 1. The first kappa shape index (κ1) is 15.7. The molecule has 0 aliphatic carbocycles. The van der Waals surface area contributed by atoms with Gasteiger partial charge in [-0.3, -0.25) is 14.4 Å². The number of carbonyl (C=O) groups is 3. The predicted octanol–water partition coefficient (Wildman–Crippen LogP) is -0.945. The van der Waals surface area contributed by atoms with Crippen LogP contribution in [0, 0.1) is 17.8 Å². The van der Waals surface area contributed by atoms with Crippen LogP contribution in [0.1, 0.15) is 12.8 Å². The summed E-state index contributed by atoms with van der Waals surface area (Å²) >= 11 is 0. The first-order valence-corrected chi connectivity index (χ1v) is 8.48. The zero-order valence-corrected chi connectivity index (χ0v) is 12.1. The Morgan fingerprint density at radius 1 is 1.00 bits per heavy atom. The summed E-state index contributed by atoms with van der Waals surface area (Å²) in [7, 11) is -3.19. The second-order valence-electron chi connectivity index (χ2n) is 5.56. The third-order valence-electron chi connectivity index (χ3n) is 4.14.